The Kier molecular flexibility index (Phi) is 5.10. The third-order valence-electron chi connectivity index (χ3n) is 9.50. The molecule has 0 bridgehead atoms. The summed E-state index contributed by atoms with van der Waals surface area (Å²) in [6.07, 6.45) is 0. The summed E-state index contributed by atoms with van der Waals surface area (Å²) in [5, 5.41) is 1.69. The molecule has 1 aromatic heterocycles. The lowest BCUT2D eigenvalue weighted by atomic mass is 9.99. The summed E-state index contributed by atoms with van der Waals surface area (Å²) in [7, 11) is 0. The van der Waals surface area contributed by atoms with Crippen molar-refractivity contribution < 1.29 is 23.3 Å². The summed E-state index contributed by atoms with van der Waals surface area (Å²) in [5.74, 6) is 0. The number of rotatable bonds is 8. The quantitative estimate of drug-likeness (QED) is 0.151. The highest BCUT2D eigenvalue weighted by atomic mass is 15.1. The highest BCUT2D eigenvalue weighted by Gasteiger charge is 2.18. The van der Waals surface area contributed by atoms with Crippen molar-refractivity contribution in [2.24, 2.45) is 0 Å². The van der Waals surface area contributed by atoms with Crippen LogP contribution in [0.1, 0.15) is 23.3 Å². The van der Waals surface area contributed by atoms with E-state index in [9.17, 15) is 11.0 Å². The Morgan fingerprint density at radius 3 is 1.52 bits per heavy atom. The van der Waals surface area contributed by atoms with Gasteiger partial charge in [-0.25, -0.2) is 0 Å². The van der Waals surface area contributed by atoms with Crippen LogP contribution in [0.4, 0.5) is 17.1 Å². The average Bonchev–Trinajstić information content (AvgIpc) is 3.73. The molecule has 10 aromatic rings. The Labute approximate surface area is 351 Å². The largest absolute Gasteiger partial charge is 0.310 e. The summed E-state index contributed by atoms with van der Waals surface area (Å²) in [5.41, 5.74) is 0.780. The number of hydrogen-bond acceptors (Lipinski definition) is 1. The van der Waals surface area contributed by atoms with Crippen molar-refractivity contribution in [2.75, 3.05) is 4.90 Å². The number of anilines is 3. The predicted octanol–water partition coefficient (Wildman–Crippen LogP) is 14.9. The van der Waals surface area contributed by atoms with Crippen LogP contribution in [0, 0.1) is 0 Å². The number of benzene rings is 9. The number of nitrogens with zero attached hydrogens (tertiary/aromatic N) is 2. The lowest BCUT2D eigenvalue weighted by Gasteiger charge is -2.28. The molecule has 9 aromatic carbocycles. The van der Waals surface area contributed by atoms with E-state index in [4.69, 9.17) is 12.3 Å². The molecule has 0 fully saturated rings. The van der Waals surface area contributed by atoms with Gasteiger partial charge in [0.15, 0.2) is 0 Å². The van der Waals surface area contributed by atoms with E-state index in [1.165, 1.54) is 0 Å². The highest BCUT2D eigenvalue weighted by Crippen LogP contribution is 2.42. The standard InChI is InChI=1S/C54H38N2/c1-4-14-39(15-5-1)40-24-26-41(27-25-40)42-28-33-47(34-29-42)55(52-22-12-10-20-49(52)44-16-6-2-7-17-44)48-35-30-43(31-36-48)45-32-37-54-51(38-45)50-21-11-13-23-53(50)56(54)46-18-8-3-9-19-46/h1-38H/i1D,4D,5D,14D,15D,24D,25D,26D,27D,28D,29D,30D,31D,33D,34D,35D,36D. The molecule has 0 saturated carbocycles. The van der Waals surface area contributed by atoms with Gasteiger partial charge in [0.1, 0.15) is 0 Å². The van der Waals surface area contributed by atoms with Gasteiger partial charge in [-0.2, -0.15) is 0 Å². The molecule has 10 rings (SSSR count). The first-order valence-corrected chi connectivity index (χ1v) is 17.8. The van der Waals surface area contributed by atoms with E-state index in [0.29, 0.717) is 16.7 Å². The molecule has 0 N–H and O–H groups in total. The minimum absolute atomic E-state index is 0.0289. The molecule has 2 nitrogen and oxygen atoms in total. The van der Waals surface area contributed by atoms with Crippen molar-refractivity contribution >= 4 is 38.9 Å². The predicted molar refractivity (Wildman–Crippen MR) is 237 cm³/mol. The molecule has 2 heteroatoms. The Hall–Kier alpha value is -7.42. The van der Waals surface area contributed by atoms with Gasteiger partial charge in [-0.3, -0.25) is 0 Å². The number of para-hydroxylation sites is 3. The number of fused-ring (bicyclic) bond motifs is 3. The van der Waals surface area contributed by atoms with Crippen molar-refractivity contribution in [1.82, 2.24) is 4.57 Å². The van der Waals surface area contributed by atoms with Gasteiger partial charge in [-0.05, 0) is 99.5 Å². The fourth-order valence-electron chi connectivity index (χ4n) is 6.91. The first kappa shape index (κ1) is 19.8. The fourth-order valence-corrected chi connectivity index (χ4v) is 6.91. The molecule has 0 unspecified atom stereocenters. The highest BCUT2D eigenvalue weighted by molar-refractivity contribution is 6.10. The Bertz CT molecular complexity index is 3830. The maximum absolute atomic E-state index is 9.72. The molecule has 0 aliphatic rings. The van der Waals surface area contributed by atoms with Gasteiger partial charge >= 0.3 is 0 Å². The van der Waals surface area contributed by atoms with E-state index in [1.54, 1.807) is 60.7 Å². The van der Waals surface area contributed by atoms with E-state index in [-0.39, 0.29) is 11.3 Å². The van der Waals surface area contributed by atoms with E-state index < -0.39 is 136 Å². The number of hydrogen-bond donors (Lipinski definition) is 0. The molecule has 1 heterocycles. The third-order valence-corrected chi connectivity index (χ3v) is 9.50. The van der Waals surface area contributed by atoms with Crippen molar-refractivity contribution in [1.29, 1.82) is 0 Å². The Morgan fingerprint density at radius 2 is 0.857 bits per heavy atom. The van der Waals surface area contributed by atoms with Crippen LogP contribution in [-0.2, 0) is 0 Å². The van der Waals surface area contributed by atoms with E-state index in [1.807, 2.05) is 66.7 Å². The van der Waals surface area contributed by atoms with Crippen LogP contribution in [0.5, 0.6) is 0 Å². The third kappa shape index (κ3) is 6.14. The molecule has 56 heavy (non-hydrogen) atoms. The molecule has 0 aliphatic heterocycles. The van der Waals surface area contributed by atoms with Crippen LogP contribution in [0.15, 0.2) is 230 Å². The second-order valence-electron chi connectivity index (χ2n) is 12.8. The van der Waals surface area contributed by atoms with Crippen LogP contribution >= 0.6 is 0 Å². The van der Waals surface area contributed by atoms with Gasteiger partial charge < -0.3 is 9.47 Å². The van der Waals surface area contributed by atoms with Crippen LogP contribution in [0.3, 0.4) is 0 Å². The van der Waals surface area contributed by atoms with E-state index in [2.05, 4.69) is 4.57 Å². The van der Waals surface area contributed by atoms with Crippen molar-refractivity contribution in [3.63, 3.8) is 0 Å². The second kappa shape index (κ2) is 14.4. The minimum atomic E-state index is -0.874. The van der Waals surface area contributed by atoms with Crippen molar-refractivity contribution in [3.8, 4) is 50.2 Å². The first-order chi connectivity index (χ1) is 34.9. The van der Waals surface area contributed by atoms with Gasteiger partial charge in [0.2, 0.25) is 0 Å². The molecule has 0 spiro atoms. The van der Waals surface area contributed by atoms with Crippen molar-refractivity contribution in [2.45, 2.75) is 0 Å². The molecule has 264 valence electrons. The van der Waals surface area contributed by atoms with Crippen LogP contribution in [0.25, 0.3) is 72.0 Å². The molecular weight excluding hydrogens is 677 g/mol. The number of aromatic nitrogens is 1. The summed E-state index contributed by atoms with van der Waals surface area (Å²) in [6.45, 7) is 0. The van der Waals surface area contributed by atoms with Gasteiger partial charge in [0.05, 0.1) is 40.0 Å². The Morgan fingerprint density at radius 1 is 0.357 bits per heavy atom. The maximum Gasteiger partial charge on any atom is 0.0645 e. The maximum atomic E-state index is 9.72. The lowest BCUT2D eigenvalue weighted by Crippen LogP contribution is -2.11. The lowest BCUT2D eigenvalue weighted by molar-refractivity contribution is 1.18. The van der Waals surface area contributed by atoms with Gasteiger partial charge in [-0.1, -0.05) is 170 Å². The van der Waals surface area contributed by atoms with Crippen LogP contribution in [-0.4, -0.2) is 4.57 Å². The van der Waals surface area contributed by atoms with E-state index in [0.717, 1.165) is 32.4 Å². The molecule has 0 radical (unpaired) electrons. The fraction of sp³-hybridized carbons (Fsp3) is 0. The minimum Gasteiger partial charge on any atom is -0.310 e. The van der Waals surface area contributed by atoms with Crippen LogP contribution < -0.4 is 4.90 Å². The molecule has 0 amide bonds. The van der Waals surface area contributed by atoms with Gasteiger partial charge in [0.25, 0.3) is 0 Å². The molecule has 0 atom stereocenters. The monoisotopic (exact) mass is 731 g/mol. The summed E-state index contributed by atoms with van der Waals surface area (Å²) in [6, 6.07) is 25.9. The topological polar surface area (TPSA) is 8.17 Å². The zero-order chi connectivity index (χ0) is 52.1. The SMILES string of the molecule is [2H]c1c([2H])c([2H])c(-c2c([2H])c([2H])c(-c3c([2H])c([2H])c(N(c4ccccc4-c4ccccc4)c4c([2H])c([2H])c(-c5ccc6c(c5)c5ccccc5n6-c5ccccc5)c([2H])c4[2H])c([2H])c3[2H])c([2H])c2[2H])c([2H])c1[2H]. The molecule has 0 saturated heterocycles. The average molecular weight is 732 g/mol. The zero-order valence-electron chi connectivity index (χ0n) is 46.5. The first-order valence-electron chi connectivity index (χ1n) is 26.3. The Balaban J connectivity index is 1.21. The van der Waals surface area contributed by atoms with Gasteiger partial charge in [-0.15, -0.1) is 0 Å². The zero-order valence-corrected chi connectivity index (χ0v) is 29.5. The second-order valence-corrected chi connectivity index (χ2v) is 12.8. The van der Waals surface area contributed by atoms with Gasteiger partial charge in [0, 0.05) is 33.4 Å². The summed E-state index contributed by atoms with van der Waals surface area (Å²) < 4.78 is 156. The normalized spacial score (nSPS) is 15.5. The summed E-state index contributed by atoms with van der Waals surface area (Å²) in [4.78, 5) is 1.16. The molecular formula is C54H38N2. The summed E-state index contributed by atoms with van der Waals surface area (Å²) >= 11 is 0. The van der Waals surface area contributed by atoms with Crippen LogP contribution in [0.2, 0.25) is 0 Å². The van der Waals surface area contributed by atoms with E-state index >= 15 is 0 Å². The van der Waals surface area contributed by atoms with Crippen molar-refractivity contribution in [3.05, 3.63) is 230 Å². The smallest absolute Gasteiger partial charge is 0.0645 e. The molecule has 0 aliphatic carbocycles.